The number of methoxy groups -OCH3 is 1. The highest BCUT2D eigenvalue weighted by molar-refractivity contribution is 7.89. The third kappa shape index (κ3) is 4.89. The van der Waals surface area contributed by atoms with Crippen LogP contribution in [-0.2, 0) is 19.6 Å². The summed E-state index contributed by atoms with van der Waals surface area (Å²) >= 11 is 0. The molecule has 2 heterocycles. The Hall–Kier alpha value is -2.91. The average Bonchev–Trinajstić information content (AvgIpc) is 3.26. The van der Waals surface area contributed by atoms with Crippen LogP contribution >= 0.6 is 0 Å². The molecule has 176 valence electrons. The number of hydrogen-bond donors (Lipinski definition) is 1. The van der Waals surface area contributed by atoms with Gasteiger partial charge in [0.15, 0.2) is 0 Å². The van der Waals surface area contributed by atoms with Gasteiger partial charge in [-0.25, -0.2) is 8.42 Å². The van der Waals surface area contributed by atoms with Crippen LogP contribution in [0.4, 0.5) is 11.4 Å². The number of piperidine rings is 1. The first-order valence-electron chi connectivity index (χ1n) is 11.2. The molecular formula is C24H29N3O5S. The average molecular weight is 472 g/mol. The molecule has 33 heavy (non-hydrogen) atoms. The molecule has 2 aliphatic rings. The highest BCUT2D eigenvalue weighted by atomic mass is 32.2. The highest BCUT2D eigenvalue weighted by Gasteiger charge is 2.32. The van der Waals surface area contributed by atoms with Crippen molar-refractivity contribution < 1.29 is 22.7 Å². The Bertz CT molecular complexity index is 1140. The summed E-state index contributed by atoms with van der Waals surface area (Å²) in [4.78, 5) is 27.0. The summed E-state index contributed by atoms with van der Waals surface area (Å²) in [5, 5.41) is 2.96. The molecule has 9 heteroatoms. The lowest BCUT2D eigenvalue weighted by Crippen LogP contribution is -2.41. The Morgan fingerprint density at radius 3 is 2.36 bits per heavy atom. The van der Waals surface area contributed by atoms with Gasteiger partial charge in [0.05, 0.1) is 12.0 Å². The van der Waals surface area contributed by atoms with E-state index < -0.39 is 10.0 Å². The number of anilines is 2. The number of sulfonamides is 1. The lowest BCUT2D eigenvalue weighted by molar-refractivity contribution is -0.121. The van der Waals surface area contributed by atoms with E-state index in [1.807, 2.05) is 25.1 Å². The van der Waals surface area contributed by atoms with E-state index in [0.717, 1.165) is 17.7 Å². The van der Waals surface area contributed by atoms with Crippen LogP contribution in [0.3, 0.4) is 0 Å². The monoisotopic (exact) mass is 471 g/mol. The van der Waals surface area contributed by atoms with E-state index in [-0.39, 0.29) is 35.7 Å². The van der Waals surface area contributed by atoms with Crippen molar-refractivity contribution in [3.05, 3.63) is 48.0 Å². The van der Waals surface area contributed by atoms with Gasteiger partial charge in [-0.1, -0.05) is 6.07 Å². The summed E-state index contributed by atoms with van der Waals surface area (Å²) < 4.78 is 32.4. The van der Waals surface area contributed by atoms with Crippen LogP contribution < -0.4 is 15.0 Å². The Morgan fingerprint density at radius 1 is 1.06 bits per heavy atom. The molecule has 2 fully saturated rings. The molecule has 8 nitrogen and oxygen atoms in total. The molecule has 2 aromatic carbocycles. The summed E-state index contributed by atoms with van der Waals surface area (Å²) in [7, 11) is -2.08. The molecule has 2 amide bonds. The number of benzene rings is 2. The van der Waals surface area contributed by atoms with Gasteiger partial charge in [-0.3, -0.25) is 9.59 Å². The molecule has 2 saturated heterocycles. The molecule has 0 unspecified atom stereocenters. The van der Waals surface area contributed by atoms with E-state index in [9.17, 15) is 18.0 Å². The highest BCUT2D eigenvalue weighted by Crippen LogP contribution is 2.30. The van der Waals surface area contributed by atoms with E-state index in [2.05, 4.69) is 5.32 Å². The molecule has 2 aromatic rings. The number of ether oxygens (including phenoxy) is 1. The molecule has 1 N–H and O–H groups in total. The first-order chi connectivity index (χ1) is 15.8. The molecular weight excluding hydrogens is 442 g/mol. The van der Waals surface area contributed by atoms with Gasteiger partial charge in [-0.2, -0.15) is 4.31 Å². The number of rotatable bonds is 6. The topological polar surface area (TPSA) is 96.0 Å². The molecule has 0 aromatic heterocycles. The summed E-state index contributed by atoms with van der Waals surface area (Å²) in [5.74, 6) is 0.300. The number of aryl methyl sites for hydroxylation is 1. The standard InChI is InChI=1S/C24H29N3O5S/c1-17-5-6-19(16-22(17)27-13-3-4-23(27)28)25-24(29)18-11-14-26(15-12-18)33(30,31)21-9-7-20(32-2)8-10-21/h5-10,16,18H,3-4,11-15H2,1-2H3,(H,25,29). The quantitative estimate of drug-likeness (QED) is 0.698. The van der Waals surface area contributed by atoms with Crippen molar-refractivity contribution in [2.45, 2.75) is 37.5 Å². The van der Waals surface area contributed by atoms with Crippen molar-refractivity contribution in [3.8, 4) is 5.75 Å². The zero-order valence-electron chi connectivity index (χ0n) is 18.9. The third-order valence-electron chi connectivity index (χ3n) is 6.36. The third-order valence-corrected chi connectivity index (χ3v) is 8.28. The number of nitrogens with one attached hydrogen (secondary N) is 1. The van der Waals surface area contributed by atoms with Gasteiger partial charge >= 0.3 is 0 Å². The number of nitrogens with zero attached hydrogens (tertiary/aromatic N) is 2. The maximum Gasteiger partial charge on any atom is 0.243 e. The van der Waals surface area contributed by atoms with E-state index in [0.29, 0.717) is 37.2 Å². The van der Waals surface area contributed by atoms with Crippen molar-refractivity contribution >= 4 is 33.2 Å². The minimum atomic E-state index is -3.61. The Morgan fingerprint density at radius 2 is 1.76 bits per heavy atom. The smallest absolute Gasteiger partial charge is 0.243 e. The van der Waals surface area contributed by atoms with E-state index in [4.69, 9.17) is 4.74 Å². The van der Waals surface area contributed by atoms with Crippen LogP contribution in [0.15, 0.2) is 47.4 Å². The fraction of sp³-hybridized carbons (Fsp3) is 0.417. The van der Waals surface area contributed by atoms with Crippen LogP contribution in [0.25, 0.3) is 0 Å². The van der Waals surface area contributed by atoms with Gasteiger partial charge in [-0.15, -0.1) is 0 Å². The zero-order chi connectivity index (χ0) is 23.6. The summed E-state index contributed by atoms with van der Waals surface area (Å²) in [6.07, 6.45) is 2.29. The van der Waals surface area contributed by atoms with Crippen molar-refractivity contribution in [2.24, 2.45) is 5.92 Å². The van der Waals surface area contributed by atoms with Crippen LogP contribution in [-0.4, -0.2) is 51.3 Å². The minimum Gasteiger partial charge on any atom is -0.497 e. The van der Waals surface area contributed by atoms with Gasteiger partial charge < -0.3 is 15.0 Å². The molecule has 0 spiro atoms. The Labute approximate surface area is 194 Å². The number of carbonyl (C=O) groups is 2. The van der Waals surface area contributed by atoms with Crippen molar-refractivity contribution in [2.75, 3.05) is 37.0 Å². The second kappa shape index (κ2) is 9.52. The summed E-state index contributed by atoms with van der Waals surface area (Å²) in [5.41, 5.74) is 2.46. The van der Waals surface area contributed by atoms with Crippen LogP contribution in [0, 0.1) is 12.8 Å². The molecule has 0 radical (unpaired) electrons. The van der Waals surface area contributed by atoms with Gasteiger partial charge in [0.25, 0.3) is 0 Å². The van der Waals surface area contributed by atoms with Crippen molar-refractivity contribution in [1.29, 1.82) is 0 Å². The SMILES string of the molecule is COc1ccc(S(=O)(=O)N2CCC(C(=O)Nc3ccc(C)c(N4CCCC4=O)c3)CC2)cc1. The second-order valence-corrected chi connectivity index (χ2v) is 10.4. The van der Waals surface area contributed by atoms with Crippen molar-refractivity contribution in [3.63, 3.8) is 0 Å². The van der Waals surface area contributed by atoms with Crippen LogP contribution in [0.1, 0.15) is 31.2 Å². The molecule has 0 atom stereocenters. The molecule has 2 aliphatic heterocycles. The minimum absolute atomic E-state index is 0.104. The van der Waals surface area contributed by atoms with E-state index in [1.165, 1.54) is 23.5 Å². The van der Waals surface area contributed by atoms with E-state index in [1.54, 1.807) is 17.0 Å². The lowest BCUT2D eigenvalue weighted by Gasteiger charge is -2.30. The van der Waals surface area contributed by atoms with Crippen LogP contribution in [0.5, 0.6) is 5.75 Å². The van der Waals surface area contributed by atoms with Crippen LogP contribution in [0.2, 0.25) is 0 Å². The fourth-order valence-electron chi connectivity index (χ4n) is 4.38. The predicted octanol–water partition coefficient (Wildman–Crippen LogP) is 3.17. The molecule has 4 rings (SSSR count). The first-order valence-corrected chi connectivity index (χ1v) is 12.6. The maximum absolute atomic E-state index is 12.9. The Kier molecular flexibility index (Phi) is 6.71. The van der Waals surface area contributed by atoms with Gasteiger partial charge in [0.1, 0.15) is 5.75 Å². The van der Waals surface area contributed by atoms with Gasteiger partial charge in [0, 0.05) is 43.3 Å². The number of carbonyl (C=O) groups excluding carboxylic acids is 2. The largest absolute Gasteiger partial charge is 0.497 e. The zero-order valence-corrected chi connectivity index (χ0v) is 19.7. The normalized spacial score (nSPS) is 17.9. The lowest BCUT2D eigenvalue weighted by atomic mass is 9.97. The maximum atomic E-state index is 12.9. The number of amides is 2. The summed E-state index contributed by atoms with van der Waals surface area (Å²) in [6, 6.07) is 11.9. The van der Waals surface area contributed by atoms with Gasteiger partial charge in [0.2, 0.25) is 21.8 Å². The van der Waals surface area contributed by atoms with E-state index >= 15 is 0 Å². The molecule has 0 aliphatic carbocycles. The van der Waals surface area contributed by atoms with Gasteiger partial charge in [-0.05, 0) is 68.1 Å². The fourth-order valence-corrected chi connectivity index (χ4v) is 5.85. The van der Waals surface area contributed by atoms with Crippen molar-refractivity contribution in [1.82, 2.24) is 4.31 Å². The predicted molar refractivity (Wildman–Crippen MR) is 126 cm³/mol. The molecule has 0 bridgehead atoms. The first kappa shape index (κ1) is 23.3. The Balaban J connectivity index is 1.38. The number of hydrogen-bond acceptors (Lipinski definition) is 5. The second-order valence-electron chi connectivity index (χ2n) is 8.49. The molecule has 0 saturated carbocycles. The summed E-state index contributed by atoms with van der Waals surface area (Å²) in [6.45, 7) is 3.21.